The fraction of sp³-hybridized carbons (Fsp3) is 0.500. The molecule has 5 heteroatoms. The predicted molar refractivity (Wildman–Crippen MR) is 75.0 cm³/mol. The highest BCUT2D eigenvalue weighted by atomic mass is 35.5. The predicted octanol–water partition coefficient (Wildman–Crippen LogP) is 3.16. The van der Waals surface area contributed by atoms with Crippen molar-refractivity contribution < 1.29 is 14.3 Å². The Kier molecular flexibility index (Phi) is 4.32. The van der Waals surface area contributed by atoms with E-state index in [-0.39, 0.29) is 5.92 Å². The molecule has 0 radical (unpaired) electrons. The highest BCUT2D eigenvalue weighted by Gasteiger charge is 2.37. The zero-order chi connectivity index (χ0) is 13.9. The summed E-state index contributed by atoms with van der Waals surface area (Å²) < 4.78 is 10.5. The standard InChI is InChI=1S/C14H18ClNO3/c1-14(18-3)8-12(13(9-15)16-19-14)10-4-6-11(17-2)7-5-10/h4-7,12H,8-9H2,1-3H3/t12-,14-/m1/s1. The molecule has 0 fully saturated rings. The number of oxime groups is 1. The smallest absolute Gasteiger partial charge is 0.234 e. The van der Waals surface area contributed by atoms with Crippen molar-refractivity contribution in [2.24, 2.45) is 5.16 Å². The number of nitrogens with zero attached hydrogens (tertiary/aromatic N) is 1. The quantitative estimate of drug-likeness (QED) is 0.797. The van der Waals surface area contributed by atoms with Crippen molar-refractivity contribution in [3.63, 3.8) is 0 Å². The van der Waals surface area contributed by atoms with E-state index in [0.29, 0.717) is 12.3 Å². The van der Waals surface area contributed by atoms with E-state index in [9.17, 15) is 0 Å². The van der Waals surface area contributed by atoms with Gasteiger partial charge in [0, 0.05) is 26.4 Å². The second-order valence-corrected chi connectivity index (χ2v) is 4.94. The normalized spacial score (nSPS) is 26.5. The molecule has 4 nitrogen and oxygen atoms in total. The summed E-state index contributed by atoms with van der Waals surface area (Å²) >= 11 is 5.94. The lowest BCUT2D eigenvalue weighted by atomic mass is 9.87. The molecule has 19 heavy (non-hydrogen) atoms. The minimum atomic E-state index is -0.708. The molecule has 0 spiro atoms. The van der Waals surface area contributed by atoms with E-state index >= 15 is 0 Å². The van der Waals surface area contributed by atoms with E-state index in [1.54, 1.807) is 14.2 Å². The van der Waals surface area contributed by atoms with Gasteiger partial charge in [-0.2, -0.15) is 0 Å². The molecule has 1 aromatic carbocycles. The van der Waals surface area contributed by atoms with Crippen LogP contribution in [0.3, 0.4) is 0 Å². The lowest BCUT2D eigenvalue weighted by Gasteiger charge is -2.34. The zero-order valence-electron chi connectivity index (χ0n) is 11.4. The molecule has 0 N–H and O–H groups in total. The molecule has 0 aliphatic carbocycles. The maximum absolute atomic E-state index is 5.94. The van der Waals surface area contributed by atoms with Crippen molar-refractivity contribution >= 4 is 17.3 Å². The summed E-state index contributed by atoms with van der Waals surface area (Å²) in [7, 11) is 3.27. The molecule has 1 heterocycles. The first-order chi connectivity index (χ1) is 9.11. The number of hydrogen-bond acceptors (Lipinski definition) is 4. The second-order valence-electron chi connectivity index (χ2n) is 4.68. The highest BCUT2D eigenvalue weighted by molar-refractivity contribution is 6.29. The van der Waals surface area contributed by atoms with Crippen LogP contribution in [0.4, 0.5) is 0 Å². The van der Waals surface area contributed by atoms with E-state index in [2.05, 4.69) is 5.16 Å². The first-order valence-corrected chi connectivity index (χ1v) is 6.65. The number of halogens is 1. The largest absolute Gasteiger partial charge is 0.497 e. The molecule has 1 aliphatic heterocycles. The lowest BCUT2D eigenvalue weighted by Crippen LogP contribution is -2.38. The maximum Gasteiger partial charge on any atom is 0.234 e. The number of methoxy groups -OCH3 is 2. The minimum Gasteiger partial charge on any atom is -0.497 e. The van der Waals surface area contributed by atoms with Crippen molar-refractivity contribution in [2.45, 2.75) is 25.0 Å². The Labute approximate surface area is 118 Å². The SMILES string of the molecule is COc1ccc([C@H]2C[C@](C)(OC)ON=C2CCl)cc1. The summed E-state index contributed by atoms with van der Waals surface area (Å²) in [5, 5.41) is 4.10. The molecule has 0 saturated carbocycles. The molecular formula is C14H18ClNO3. The molecule has 0 bridgehead atoms. The van der Waals surface area contributed by atoms with Gasteiger partial charge in [-0.3, -0.25) is 0 Å². The van der Waals surface area contributed by atoms with Crippen molar-refractivity contribution in [1.82, 2.24) is 0 Å². The summed E-state index contributed by atoms with van der Waals surface area (Å²) in [5.74, 6) is 0.563. The van der Waals surface area contributed by atoms with E-state index in [0.717, 1.165) is 17.0 Å². The van der Waals surface area contributed by atoms with Crippen LogP contribution in [0, 0.1) is 0 Å². The van der Waals surface area contributed by atoms with E-state index in [4.69, 9.17) is 25.9 Å². The number of alkyl halides is 1. The molecule has 2 rings (SSSR count). The zero-order valence-corrected chi connectivity index (χ0v) is 12.1. The molecule has 104 valence electrons. The molecule has 1 aromatic rings. The van der Waals surface area contributed by atoms with Gasteiger partial charge in [-0.15, -0.1) is 11.6 Å². The first kappa shape index (κ1) is 14.2. The minimum absolute atomic E-state index is 0.0992. The van der Waals surface area contributed by atoms with Gasteiger partial charge < -0.3 is 14.3 Å². The summed E-state index contributed by atoms with van der Waals surface area (Å²) in [4.78, 5) is 5.37. The number of rotatable bonds is 4. The van der Waals surface area contributed by atoms with Gasteiger partial charge >= 0.3 is 0 Å². The molecule has 0 unspecified atom stereocenters. The Morgan fingerprint density at radius 2 is 2.05 bits per heavy atom. The monoisotopic (exact) mass is 283 g/mol. The van der Waals surface area contributed by atoms with Crippen LogP contribution in [0.15, 0.2) is 29.4 Å². The third-order valence-electron chi connectivity index (χ3n) is 3.42. The van der Waals surface area contributed by atoms with Gasteiger partial charge in [-0.05, 0) is 17.7 Å². The first-order valence-electron chi connectivity index (χ1n) is 6.12. The van der Waals surface area contributed by atoms with Crippen LogP contribution in [0.2, 0.25) is 0 Å². The fourth-order valence-corrected chi connectivity index (χ4v) is 2.36. The number of hydrogen-bond donors (Lipinski definition) is 0. The Morgan fingerprint density at radius 1 is 1.37 bits per heavy atom. The summed E-state index contributed by atoms with van der Waals surface area (Å²) in [5.41, 5.74) is 1.95. The third-order valence-corrected chi connectivity index (χ3v) is 3.69. The topological polar surface area (TPSA) is 40.0 Å². The van der Waals surface area contributed by atoms with Crippen LogP contribution in [-0.4, -0.2) is 31.6 Å². The van der Waals surface area contributed by atoms with Crippen molar-refractivity contribution in [1.29, 1.82) is 0 Å². The van der Waals surface area contributed by atoms with E-state index in [1.807, 2.05) is 31.2 Å². The molecule has 2 atom stereocenters. The highest BCUT2D eigenvalue weighted by Crippen LogP contribution is 2.35. The Hall–Kier alpha value is -1.26. The van der Waals surface area contributed by atoms with Gasteiger partial charge in [-0.1, -0.05) is 17.3 Å². The number of benzene rings is 1. The Balaban J connectivity index is 2.28. The van der Waals surface area contributed by atoms with Gasteiger partial charge in [0.15, 0.2) is 0 Å². The van der Waals surface area contributed by atoms with Crippen LogP contribution in [0.25, 0.3) is 0 Å². The average molecular weight is 284 g/mol. The lowest BCUT2D eigenvalue weighted by molar-refractivity contribution is -0.221. The van der Waals surface area contributed by atoms with E-state index in [1.165, 1.54) is 0 Å². The molecular weight excluding hydrogens is 266 g/mol. The van der Waals surface area contributed by atoms with Gasteiger partial charge in [-0.25, -0.2) is 0 Å². The molecule has 0 amide bonds. The maximum atomic E-state index is 5.94. The van der Waals surface area contributed by atoms with Crippen LogP contribution in [-0.2, 0) is 9.57 Å². The average Bonchev–Trinajstić information content (AvgIpc) is 2.47. The van der Waals surface area contributed by atoms with Crippen LogP contribution in [0.1, 0.15) is 24.8 Å². The fourth-order valence-electron chi connectivity index (χ4n) is 2.13. The van der Waals surface area contributed by atoms with Crippen LogP contribution < -0.4 is 4.74 Å². The van der Waals surface area contributed by atoms with Gasteiger partial charge in [0.25, 0.3) is 0 Å². The molecule has 0 saturated heterocycles. The van der Waals surface area contributed by atoms with E-state index < -0.39 is 5.79 Å². The van der Waals surface area contributed by atoms with Crippen molar-refractivity contribution in [2.75, 3.05) is 20.1 Å². The second kappa shape index (κ2) is 5.80. The van der Waals surface area contributed by atoms with Gasteiger partial charge in [0.2, 0.25) is 5.79 Å². The molecule has 0 aromatic heterocycles. The van der Waals surface area contributed by atoms with Gasteiger partial charge in [0.05, 0.1) is 18.7 Å². The molecule has 1 aliphatic rings. The number of ether oxygens (including phenoxy) is 2. The summed E-state index contributed by atoms with van der Waals surface area (Å²) in [6.45, 7) is 1.87. The summed E-state index contributed by atoms with van der Waals surface area (Å²) in [6, 6.07) is 7.90. The third kappa shape index (κ3) is 3.01. The Bertz CT molecular complexity index is 460. The summed E-state index contributed by atoms with van der Waals surface area (Å²) in [6.07, 6.45) is 0.682. The van der Waals surface area contributed by atoms with Crippen LogP contribution >= 0.6 is 11.6 Å². The van der Waals surface area contributed by atoms with Crippen molar-refractivity contribution in [3.8, 4) is 5.75 Å². The Morgan fingerprint density at radius 3 is 2.58 bits per heavy atom. The van der Waals surface area contributed by atoms with Crippen LogP contribution in [0.5, 0.6) is 5.75 Å². The van der Waals surface area contributed by atoms with Crippen molar-refractivity contribution in [3.05, 3.63) is 29.8 Å². The van der Waals surface area contributed by atoms with Gasteiger partial charge in [0.1, 0.15) is 5.75 Å².